The van der Waals surface area contributed by atoms with E-state index in [1.54, 1.807) is 0 Å². The maximum Gasteiger partial charge on any atom is 0.207 e. The van der Waals surface area contributed by atoms with Gasteiger partial charge in [-0.1, -0.05) is 91.0 Å². The van der Waals surface area contributed by atoms with Crippen LogP contribution in [0.1, 0.15) is 0 Å². The van der Waals surface area contributed by atoms with Crippen LogP contribution in [0.5, 0.6) is 0 Å². The van der Waals surface area contributed by atoms with E-state index in [2.05, 4.69) is 156 Å². The highest BCUT2D eigenvalue weighted by atomic mass is 31.2. The summed E-state index contributed by atoms with van der Waals surface area (Å²) in [6, 6.07) is 54.5. The first-order chi connectivity index (χ1) is 15.9. The quantitative estimate of drug-likeness (QED) is 0.270. The zero-order valence-corrected chi connectivity index (χ0v) is 18.7. The summed E-state index contributed by atoms with van der Waals surface area (Å²) in [6.45, 7) is 0. The fourth-order valence-corrected chi connectivity index (χ4v) is 8.72. The summed E-state index contributed by atoms with van der Waals surface area (Å²) in [5.41, 5.74) is 2.37. The van der Waals surface area contributed by atoms with Gasteiger partial charge in [-0.25, -0.2) is 4.67 Å². The molecule has 0 heterocycles. The van der Waals surface area contributed by atoms with Crippen molar-refractivity contribution in [2.45, 2.75) is 0 Å². The van der Waals surface area contributed by atoms with Crippen LogP contribution < -0.4 is 20.6 Å². The highest BCUT2D eigenvalue weighted by Crippen LogP contribution is 2.63. The summed E-state index contributed by atoms with van der Waals surface area (Å²) in [4.78, 5) is 0. The third kappa shape index (κ3) is 3.62. The van der Waals surface area contributed by atoms with Gasteiger partial charge < -0.3 is 0 Å². The summed E-state index contributed by atoms with van der Waals surface area (Å²) < 4.78 is 2.58. The van der Waals surface area contributed by atoms with Gasteiger partial charge in [0.2, 0.25) is 7.41 Å². The fourth-order valence-electron chi connectivity index (χ4n) is 4.36. The number of rotatable bonds is 6. The van der Waals surface area contributed by atoms with Crippen molar-refractivity contribution >= 4 is 34.7 Å². The van der Waals surface area contributed by atoms with E-state index >= 15 is 0 Å². The van der Waals surface area contributed by atoms with E-state index < -0.39 is 7.41 Å². The van der Waals surface area contributed by atoms with E-state index in [9.17, 15) is 0 Å². The lowest BCUT2D eigenvalue weighted by molar-refractivity contribution is 1.40. The summed E-state index contributed by atoms with van der Waals surface area (Å²) in [6.07, 6.45) is 0. The molecule has 0 aliphatic rings. The first-order valence-corrected chi connectivity index (χ1v) is 12.6. The Balaban J connectivity index is 1.94. The molecular formula is C30H25NP+. The van der Waals surface area contributed by atoms with E-state index in [0.717, 1.165) is 0 Å². The van der Waals surface area contributed by atoms with E-state index in [-0.39, 0.29) is 0 Å². The van der Waals surface area contributed by atoms with Crippen molar-refractivity contribution in [3.63, 3.8) is 0 Å². The lowest BCUT2D eigenvalue weighted by Gasteiger charge is -2.38. The molecule has 0 saturated heterocycles. The van der Waals surface area contributed by atoms with Gasteiger partial charge in [-0.2, -0.15) is 0 Å². The van der Waals surface area contributed by atoms with Crippen LogP contribution in [-0.4, -0.2) is 0 Å². The third-order valence-corrected chi connectivity index (χ3v) is 9.89. The van der Waals surface area contributed by atoms with E-state index in [1.807, 2.05) is 0 Å². The molecule has 5 rings (SSSR count). The minimum absolute atomic E-state index is 1.18. The third-order valence-electron chi connectivity index (χ3n) is 5.69. The van der Waals surface area contributed by atoms with Crippen LogP contribution in [-0.2, 0) is 0 Å². The van der Waals surface area contributed by atoms with Gasteiger partial charge in [-0.15, -0.1) is 0 Å². The maximum absolute atomic E-state index is 2.58. The lowest BCUT2D eigenvalue weighted by Crippen LogP contribution is -2.41. The van der Waals surface area contributed by atoms with Crippen LogP contribution in [0, 0.1) is 0 Å². The second kappa shape index (κ2) is 9.22. The summed E-state index contributed by atoms with van der Waals surface area (Å²) in [5.74, 6) is 0. The molecule has 0 fully saturated rings. The first kappa shape index (κ1) is 20.2. The van der Waals surface area contributed by atoms with E-state index in [4.69, 9.17) is 0 Å². The molecule has 0 radical (unpaired) electrons. The minimum atomic E-state index is -2.27. The van der Waals surface area contributed by atoms with Gasteiger partial charge in [-0.05, 0) is 60.7 Å². The Bertz CT molecular complexity index is 1100. The molecule has 0 atom stereocenters. The summed E-state index contributed by atoms with van der Waals surface area (Å²) in [5, 5.41) is 3.97. The molecule has 0 bridgehead atoms. The molecule has 0 saturated carbocycles. The fraction of sp³-hybridized carbons (Fsp3) is 0. The number of hydrogen-bond acceptors (Lipinski definition) is 1. The van der Waals surface area contributed by atoms with Gasteiger partial charge in [0.15, 0.2) is 0 Å². The molecule has 0 spiro atoms. The molecule has 2 heteroatoms. The molecular weight excluding hydrogens is 405 g/mol. The number of nitrogens with zero attached hydrogens (tertiary/aromatic N) is 1. The van der Waals surface area contributed by atoms with Crippen LogP contribution in [0.3, 0.4) is 0 Å². The second-order valence-electron chi connectivity index (χ2n) is 7.62. The predicted molar refractivity (Wildman–Crippen MR) is 140 cm³/mol. The Labute approximate surface area is 191 Å². The van der Waals surface area contributed by atoms with Crippen molar-refractivity contribution in [1.82, 2.24) is 0 Å². The summed E-state index contributed by atoms with van der Waals surface area (Å²) >= 11 is 0. The number of anilines is 2. The smallest absolute Gasteiger partial charge is 0.203 e. The highest BCUT2D eigenvalue weighted by Gasteiger charge is 2.52. The molecule has 32 heavy (non-hydrogen) atoms. The molecule has 0 N–H and O–H groups in total. The van der Waals surface area contributed by atoms with Crippen molar-refractivity contribution in [1.29, 1.82) is 0 Å². The Kier molecular flexibility index (Phi) is 5.83. The van der Waals surface area contributed by atoms with Gasteiger partial charge in [-0.3, -0.25) is 0 Å². The number of para-hydroxylation sites is 2. The molecule has 0 aliphatic carbocycles. The second-order valence-corrected chi connectivity index (χ2v) is 10.8. The number of benzene rings is 5. The molecule has 5 aromatic carbocycles. The van der Waals surface area contributed by atoms with E-state index in [1.165, 1.54) is 27.3 Å². The molecule has 0 amide bonds. The van der Waals surface area contributed by atoms with Crippen LogP contribution in [0.4, 0.5) is 11.4 Å². The van der Waals surface area contributed by atoms with Crippen LogP contribution >= 0.6 is 7.41 Å². The SMILES string of the molecule is c1ccc(N(c2ccccc2)[P+](c2ccccc2)(c2ccccc2)c2ccccc2)cc1. The largest absolute Gasteiger partial charge is 0.207 e. The summed E-state index contributed by atoms with van der Waals surface area (Å²) in [7, 11) is -2.27. The molecule has 154 valence electrons. The Morgan fingerprint density at radius 3 is 0.844 bits per heavy atom. The van der Waals surface area contributed by atoms with Gasteiger partial charge >= 0.3 is 0 Å². The first-order valence-electron chi connectivity index (χ1n) is 10.9. The number of hydrogen-bond donors (Lipinski definition) is 0. The zero-order valence-electron chi connectivity index (χ0n) is 17.8. The van der Waals surface area contributed by atoms with Crippen molar-refractivity contribution in [2.24, 2.45) is 0 Å². The van der Waals surface area contributed by atoms with Gasteiger partial charge in [0.25, 0.3) is 0 Å². The zero-order chi connectivity index (χ0) is 21.6. The topological polar surface area (TPSA) is 3.24 Å². The predicted octanol–water partition coefficient (Wildman–Crippen LogP) is 6.73. The highest BCUT2D eigenvalue weighted by molar-refractivity contribution is 7.97. The lowest BCUT2D eigenvalue weighted by atomic mass is 10.3. The van der Waals surface area contributed by atoms with Crippen molar-refractivity contribution in [3.05, 3.63) is 152 Å². The van der Waals surface area contributed by atoms with Crippen molar-refractivity contribution in [2.75, 3.05) is 4.67 Å². The molecule has 0 aliphatic heterocycles. The average Bonchev–Trinajstić information content (AvgIpc) is 2.90. The van der Waals surface area contributed by atoms with Crippen LogP contribution in [0.25, 0.3) is 0 Å². The van der Waals surface area contributed by atoms with Gasteiger partial charge in [0, 0.05) is 0 Å². The molecule has 5 aromatic rings. The average molecular weight is 431 g/mol. The monoisotopic (exact) mass is 430 g/mol. The molecule has 1 nitrogen and oxygen atoms in total. The molecule has 0 unspecified atom stereocenters. The van der Waals surface area contributed by atoms with E-state index in [0.29, 0.717) is 0 Å². The standard InChI is InChI=1S/C30H25NP/c1-6-16-26(17-7-1)31(27-18-8-2-9-19-27)32(28-20-10-3-11-21-28,29-22-12-4-13-23-29)30-24-14-5-15-25-30/h1-25H/q+1. The molecule has 0 aromatic heterocycles. The van der Waals surface area contributed by atoms with Crippen LogP contribution in [0.15, 0.2) is 152 Å². The van der Waals surface area contributed by atoms with Crippen LogP contribution in [0.2, 0.25) is 0 Å². The Morgan fingerprint density at radius 1 is 0.312 bits per heavy atom. The maximum atomic E-state index is 2.58. The normalized spacial score (nSPS) is 11.1. The van der Waals surface area contributed by atoms with Crippen molar-refractivity contribution in [3.8, 4) is 0 Å². The Hall–Kier alpha value is -3.67. The minimum Gasteiger partial charge on any atom is -0.203 e. The van der Waals surface area contributed by atoms with Crippen molar-refractivity contribution < 1.29 is 0 Å². The van der Waals surface area contributed by atoms with Gasteiger partial charge in [0.05, 0.1) is 11.4 Å². The Morgan fingerprint density at radius 2 is 0.562 bits per heavy atom. The van der Waals surface area contributed by atoms with Gasteiger partial charge in [0.1, 0.15) is 15.9 Å².